The highest BCUT2D eigenvalue weighted by atomic mass is 32.2. The quantitative estimate of drug-likeness (QED) is 0.700. The average Bonchev–Trinajstić information content (AvgIpc) is 3.21. The lowest BCUT2D eigenvalue weighted by Gasteiger charge is -2.28. The van der Waals surface area contributed by atoms with E-state index in [0.717, 1.165) is 37.0 Å². The molecule has 0 radical (unpaired) electrons. The lowest BCUT2D eigenvalue weighted by Crippen LogP contribution is -2.47. The van der Waals surface area contributed by atoms with Crippen molar-refractivity contribution >= 4 is 21.6 Å². The number of hydrogen-bond donors (Lipinski definition) is 1. The lowest BCUT2D eigenvalue weighted by atomic mass is 10.1. The van der Waals surface area contributed by atoms with Gasteiger partial charge in [0, 0.05) is 13.1 Å². The molecule has 30 heavy (non-hydrogen) atoms. The topological polar surface area (TPSA) is 69.7 Å². The molecule has 0 spiro atoms. The minimum absolute atomic E-state index is 0.331. The van der Waals surface area contributed by atoms with Crippen molar-refractivity contribution < 1.29 is 13.2 Å². The SMILES string of the molecule is Cc1ccc(N([C@@H](C)C(=O)NCc2ccc(CN3CCCC3)cc2)S(C)(=O)=O)cc1. The van der Waals surface area contributed by atoms with Gasteiger partial charge in [0.2, 0.25) is 15.9 Å². The standard InChI is InChI=1S/C23H31N3O3S/c1-18-6-12-22(13-7-18)26(30(3,28)29)19(2)23(27)24-16-20-8-10-21(11-9-20)17-25-14-4-5-15-25/h6-13,19H,4-5,14-17H2,1-3H3,(H,24,27)/t19-/m0/s1. The summed E-state index contributed by atoms with van der Waals surface area (Å²) in [7, 11) is -3.61. The van der Waals surface area contributed by atoms with Crippen molar-refractivity contribution in [3.63, 3.8) is 0 Å². The molecule has 1 aliphatic heterocycles. The van der Waals surface area contributed by atoms with Crippen LogP contribution in [0.25, 0.3) is 0 Å². The van der Waals surface area contributed by atoms with Crippen molar-refractivity contribution in [1.29, 1.82) is 0 Å². The van der Waals surface area contributed by atoms with Crippen LogP contribution in [0.15, 0.2) is 48.5 Å². The maximum absolute atomic E-state index is 12.7. The first-order chi connectivity index (χ1) is 14.2. The van der Waals surface area contributed by atoms with Gasteiger partial charge in [-0.05, 0) is 63.0 Å². The van der Waals surface area contributed by atoms with Gasteiger partial charge >= 0.3 is 0 Å². The van der Waals surface area contributed by atoms with E-state index < -0.39 is 16.1 Å². The molecule has 1 N–H and O–H groups in total. The van der Waals surface area contributed by atoms with Crippen LogP contribution in [-0.2, 0) is 27.9 Å². The molecule has 1 fully saturated rings. The van der Waals surface area contributed by atoms with Crippen LogP contribution in [0.3, 0.4) is 0 Å². The number of nitrogens with zero attached hydrogens (tertiary/aromatic N) is 2. The number of amides is 1. The normalized spacial score (nSPS) is 15.7. The van der Waals surface area contributed by atoms with E-state index in [-0.39, 0.29) is 5.91 Å². The Balaban J connectivity index is 1.61. The molecular formula is C23H31N3O3S. The molecule has 7 heteroatoms. The number of nitrogens with one attached hydrogen (secondary N) is 1. The van der Waals surface area contributed by atoms with E-state index in [0.29, 0.717) is 12.2 Å². The molecule has 1 aliphatic rings. The average molecular weight is 430 g/mol. The second-order valence-electron chi connectivity index (χ2n) is 8.09. The number of aryl methyl sites for hydroxylation is 1. The first-order valence-corrected chi connectivity index (χ1v) is 12.2. The van der Waals surface area contributed by atoms with Gasteiger partial charge in [0.25, 0.3) is 0 Å². The number of likely N-dealkylation sites (tertiary alicyclic amines) is 1. The summed E-state index contributed by atoms with van der Waals surface area (Å²) in [4.78, 5) is 15.2. The minimum atomic E-state index is -3.61. The van der Waals surface area contributed by atoms with E-state index in [1.807, 2.05) is 31.2 Å². The Bertz CT molecular complexity index is 950. The maximum Gasteiger partial charge on any atom is 0.243 e. The van der Waals surface area contributed by atoms with E-state index >= 15 is 0 Å². The first-order valence-electron chi connectivity index (χ1n) is 10.4. The summed E-state index contributed by atoms with van der Waals surface area (Å²) in [5.41, 5.74) is 3.76. The molecule has 0 aliphatic carbocycles. The Kier molecular flexibility index (Phi) is 7.15. The van der Waals surface area contributed by atoms with Crippen molar-refractivity contribution in [3.8, 4) is 0 Å². The molecule has 0 saturated carbocycles. The molecule has 6 nitrogen and oxygen atoms in total. The summed E-state index contributed by atoms with van der Waals surface area (Å²) in [5.74, 6) is -0.331. The largest absolute Gasteiger partial charge is 0.350 e. The van der Waals surface area contributed by atoms with Crippen LogP contribution in [0, 0.1) is 6.92 Å². The molecule has 3 rings (SSSR count). The minimum Gasteiger partial charge on any atom is -0.350 e. The van der Waals surface area contributed by atoms with Crippen LogP contribution in [0.2, 0.25) is 0 Å². The summed E-state index contributed by atoms with van der Waals surface area (Å²) in [6.45, 7) is 7.18. The fraction of sp³-hybridized carbons (Fsp3) is 0.435. The van der Waals surface area contributed by atoms with Gasteiger partial charge in [-0.25, -0.2) is 8.42 Å². The van der Waals surface area contributed by atoms with E-state index in [9.17, 15) is 13.2 Å². The van der Waals surface area contributed by atoms with Crippen molar-refractivity contribution in [3.05, 3.63) is 65.2 Å². The van der Waals surface area contributed by atoms with Gasteiger partial charge in [0.05, 0.1) is 11.9 Å². The molecule has 0 unspecified atom stereocenters. The van der Waals surface area contributed by atoms with Gasteiger partial charge in [-0.3, -0.25) is 14.0 Å². The Hall–Kier alpha value is -2.38. The third kappa shape index (κ3) is 5.83. The van der Waals surface area contributed by atoms with Gasteiger partial charge in [-0.15, -0.1) is 0 Å². The van der Waals surface area contributed by atoms with Crippen molar-refractivity contribution in [2.24, 2.45) is 0 Å². The number of carbonyl (C=O) groups is 1. The molecule has 162 valence electrons. The molecule has 2 aromatic rings. The predicted molar refractivity (Wildman–Crippen MR) is 121 cm³/mol. The Morgan fingerprint density at radius 1 is 1.03 bits per heavy atom. The van der Waals surface area contributed by atoms with Crippen LogP contribution in [0.5, 0.6) is 0 Å². The highest BCUT2D eigenvalue weighted by Gasteiger charge is 2.28. The number of benzene rings is 2. The van der Waals surface area contributed by atoms with Crippen molar-refractivity contribution in [2.45, 2.75) is 45.8 Å². The molecule has 0 bridgehead atoms. The molecule has 1 saturated heterocycles. The fourth-order valence-electron chi connectivity index (χ4n) is 3.80. The van der Waals surface area contributed by atoms with E-state index in [2.05, 4.69) is 22.3 Å². The summed E-state index contributed by atoms with van der Waals surface area (Å²) in [6.07, 6.45) is 3.67. The molecule has 1 heterocycles. The van der Waals surface area contributed by atoms with E-state index in [1.165, 1.54) is 22.7 Å². The third-order valence-corrected chi connectivity index (χ3v) is 6.71. The summed E-state index contributed by atoms with van der Waals surface area (Å²) in [5, 5.41) is 2.87. The Labute approximate surface area is 179 Å². The van der Waals surface area contributed by atoms with Gasteiger partial charge in [-0.2, -0.15) is 0 Å². The molecule has 2 aromatic carbocycles. The third-order valence-electron chi connectivity index (χ3n) is 5.47. The zero-order chi connectivity index (χ0) is 21.7. The monoisotopic (exact) mass is 429 g/mol. The Morgan fingerprint density at radius 3 is 2.17 bits per heavy atom. The predicted octanol–water partition coefficient (Wildman–Crippen LogP) is 3.06. The number of carbonyl (C=O) groups excluding carboxylic acids is 1. The number of sulfonamides is 1. The van der Waals surface area contributed by atoms with Crippen LogP contribution in [-0.4, -0.2) is 44.6 Å². The van der Waals surface area contributed by atoms with Crippen LogP contribution >= 0.6 is 0 Å². The highest BCUT2D eigenvalue weighted by Crippen LogP contribution is 2.21. The molecule has 0 aromatic heterocycles. The Morgan fingerprint density at radius 2 is 1.60 bits per heavy atom. The summed E-state index contributed by atoms with van der Waals surface area (Å²) < 4.78 is 25.9. The van der Waals surface area contributed by atoms with Gasteiger partial charge in [0.1, 0.15) is 6.04 Å². The summed E-state index contributed by atoms with van der Waals surface area (Å²) >= 11 is 0. The van der Waals surface area contributed by atoms with E-state index in [4.69, 9.17) is 0 Å². The van der Waals surface area contributed by atoms with Crippen molar-refractivity contribution in [1.82, 2.24) is 10.2 Å². The second-order valence-corrected chi connectivity index (χ2v) is 9.95. The van der Waals surface area contributed by atoms with Crippen LogP contribution in [0.4, 0.5) is 5.69 Å². The number of hydrogen-bond acceptors (Lipinski definition) is 4. The maximum atomic E-state index is 12.7. The van der Waals surface area contributed by atoms with Crippen LogP contribution < -0.4 is 9.62 Å². The van der Waals surface area contributed by atoms with Crippen molar-refractivity contribution in [2.75, 3.05) is 23.7 Å². The molecular weight excluding hydrogens is 398 g/mol. The first kappa shape index (κ1) is 22.3. The van der Waals surface area contributed by atoms with E-state index in [1.54, 1.807) is 19.1 Å². The summed E-state index contributed by atoms with van der Waals surface area (Å²) in [6, 6.07) is 14.5. The molecule has 1 amide bonds. The van der Waals surface area contributed by atoms with Gasteiger partial charge < -0.3 is 5.32 Å². The number of anilines is 1. The molecule has 1 atom stereocenters. The second kappa shape index (κ2) is 9.62. The van der Waals surface area contributed by atoms with Gasteiger partial charge in [-0.1, -0.05) is 42.0 Å². The zero-order valence-corrected chi connectivity index (χ0v) is 18.8. The lowest BCUT2D eigenvalue weighted by molar-refractivity contribution is -0.122. The number of rotatable bonds is 8. The zero-order valence-electron chi connectivity index (χ0n) is 18.0. The smallest absolute Gasteiger partial charge is 0.243 e. The highest BCUT2D eigenvalue weighted by molar-refractivity contribution is 7.92. The fourth-order valence-corrected chi connectivity index (χ4v) is 4.97. The van der Waals surface area contributed by atoms with Crippen LogP contribution in [0.1, 0.15) is 36.5 Å². The van der Waals surface area contributed by atoms with Gasteiger partial charge in [0.15, 0.2) is 0 Å².